The molecule has 0 radical (unpaired) electrons. The van der Waals surface area contributed by atoms with Crippen molar-refractivity contribution in [3.8, 4) is 11.5 Å². The summed E-state index contributed by atoms with van der Waals surface area (Å²) < 4.78 is 10.4. The number of carbonyl (C=O) groups is 1. The lowest BCUT2D eigenvalue weighted by Gasteiger charge is -2.30. The van der Waals surface area contributed by atoms with Crippen molar-refractivity contribution < 1.29 is 13.7 Å². The van der Waals surface area contributed by atoms with Gasteiger partial charge in [-0.1, -0.05) is 12.1 Å². The Hall–Kier alpha value is -2.04. The molecule has 1 atom stereocenters. The van der Waals surface area contributed by atoms with E-state index in [0.717, 1.165) is 19.5 Å². The van der Waals surface area contributed by atoms with Crippen molar-refractivity contribution in [3.05, 3.63) is 30.2 Å². The Morgan fingerprint density at radius 2 is 2.37 bits per heavy atom. The van der Waals surface area contributed by atoms with Crippen LogP contribution in [0.15, 0.2) is 33.4 Å². The number of nitrogens with zero attached hydrogens (tertiary/aromatic N) is 2. The van der Waals surface area contributed by atoms with Crippen molar-refractivity contribution in [2.45, 2.75) is 19.8 Å². The molecule has 1 saturated heterocycles. The Balaban J connectivity index is 1.77. The molecule has 0 saturated carbocycles. The Labute approximate surface area is 111 Å². The fourth-order valence-corrected chi connectivity index (χ4v) is 2.45. The van der Waals surface area contributed by atoms with Crippen molar-refractivity contribution in [1.82, 2.24) is 10.1 Å². The third-order valence-electron chi connectivity index (χ3n) is 3.44. The topological polar surface area (TPSA) is 59.5 Å². The SMILES string of the molecule is CC1CCCN(C(=O)c2cc(-c3ccco3)on2)C1. The highest BCUT2D eigenvalue weighted by Crippen LogP contribution is 2.22. The average molecular weight is 260 g/mol. The van der Waals surface area contributed by atoms with Crippen LogP contribution in [0.2, 0.25) is 0 Å². The third-order valence-corrected chi connectivity index (χ3v) is 3.44. The fraction of sp³-hybridized carbons (Fsp3) is 0.429. The molecule has 0 N–H and O–H groups in total. The highest BCUT2D eigenvalue weighted by atomic mass is 16.5. The Morgan fingerprint density at radius 1 is 1.47 bits per heavy atom. The summed E-state index contributed by atoms with van der Waals surface area (Å²) in [5.74, 6) is 1.55. The van der Waals surface area contributed by atoms with Gasteiger partial charge in [0.15, 0.2) is 11.5 Å². The van der Waals surface area contributed by atoms with E-state index < -0.39 is 0 Å². The molecule has 5 nitrogen and oxygen atoms in total. The number of rotatable bonds is 2. The minimum Gasteiger partial charge on any atom is -0.461 e. The zero-order valence-electron chi connectivity index (χ0n) is 10.8. The molecule has 1 amide bonds. The second kappa shape index (κ2) is 4.91. The molecule has 0 bridgehead atoms. The molecule has 3 heterocycles. The maximum absolute atomic E-state index is 12.3. The average Bonchev–Trinajstić information content (AvgIpc) is 3.08. The van der Waals surface area contributed by atoms with E-state index >= 15 is 0 Å². The Bertz CT molecular complexity index is 559. The number of amides is 1. The number of hydrogen-bond acceptors (Lipinski definition) is 4. The first-order valence-corrected chi connectivity index (χ1v) is 6.54. The van der Waals surface area contributed by atoms with Gasteiger partial charge in [0, 0.05) is 19.2 Å². The molecule has 1 aliphatic heterocycles. The van der Waals surface area contributed by atoms with Crippen LogP contribution < -0.4 is 0 Å². The molecular formula is C14H16N2O3. The first kappa shape index (κ1) is 12.0. The molecule has 5 heteroatoms. The zero-order valence-corrected chi connectivity index (χ0v) is 10.8. The van der Waals surface area contributed by atoms with Crippen LogP contribution in [0.4, 0.5) is 0 Å². The number of carbonyl (C=O) groups excluding carboxylic acids is 1. The highest BCUT2D eigenvalue weighted by Gasteiger charge is 2.25. The van der Waals surface area contributed by atoms with E-state index in [1.165, 1.54) is 6.42 Å². The standard InChI is InChI=1S/C14H16N2O3/c1-10-4-2-6-16(9-10)14(17)11-8-13(19-15-11)12-5-3-7-18-12/h3,5,7-8,10H,2,4,6,9H2,1H3. The van der Waals surface area contributed by atoms with Crippen molar-refractivity contribution >= 4 is 5.91 Å². The molecule has 2 aromatic rings. The van der Waals surface area contributed by atoms with Gasteiger partial charge in [0.05, 0.1) is 6.26 Å². The summed E-state index contributed by atoms with van der Waals surface area (Å²) in [6.45, 7) is 3.75. The maximum atomic E-state index is 12.3. The minimum absolute atomic E-state index is 0.0619. The highest BCUT2D eigenvalue weighted by molar-refractivity contribution is 5.93. The van der Waals surface area contributed by atoms with Gasteiger partial charge in [-0.25, -0.2) is 0 Å². The predicted molar refractivity (Wildman–Crippen MR) is 68.5 cm³/mol. The summed E-state index contributed by atoms with van der Waals surface area (Å²) in [7, 11) is 0. The number of aromatic nitrogens is 1. The van der Waals surface area contributed by atoms with Gasteiger partial charge in [-0.2, -0.15) is 0 Å². The summed E-state index contributed by atoms with van der Waals surface area (Å²) in [5, 5.41) is 3.85. The van der Waals surface area contributed by atoms with Crippen LogP contribution >= 0.6 is 0 Å². The van der Waals surface area contributed by atoms with Gasteiger partial charge < -0.3 is 13.8 Å². The van der Waals surface area contributed by atoms with Crippen LogP contribution in [-0.2, 0) is 0 Å². The number of likely N-dealkylation sites (tertiary alicyclic amines) is 1. The number of hydrogen-bond donors (Lipinski definition) is 0. The smallest absolute Gasteiger partial charge is 0.276 e. The van der Waals surface area contributed by atoms with E-state index in [-0.39, 0.29) is 5.91 Å². The van der Waals surface area contributed by atoms with Crippen LogP contribution in [-0.4, -0.2) is 29.1 Å². The summed E-state index contributed by atoms with van der Waals surface area (Å²) >= 11 is 0. The van der Waals surface area contributed by atoms with Crippen molar-refractivity contribution in [2.24, 2.45) is 5.92 Å². The fourth-order valence-electron chi connectivity index (χ4n) is 2.45. The molecule has 2 aromatic heterocycles. The summed E-state index contributed by atoms with van der Waals surface area (Å²) in [4.78, 5) is 14.1. The van der Waals surface area contributed by atoms with E-state index in [1.54, 1.807) is 24.5 Å². The molecule has 3 rings (SSSR count). The minimum atomic E-state index is -0.0619. The molecule has 1 aliphatic rings. The molecule has 0 aliphatic carbocycles. The number of piperidine rings is 1. The first-order valence-electron chi connectivity index (χ1n) is 6.54. The van der Waals surface area contributed by atoms with Crippen molar-refractivity contribution in [2.75, 3.05) is 13.1 Å². The lowest BCUT2D eigenvalue weighted by molar-refractivity contribution is 0.0672. The second-order valence-corrected chi connectivity index (χ2v) is 5.05. The Kier molecular flexibility index (Phi) is 3.11. The molecule has 0 aromatic carbocycles. The normalized spacial score (nSPS) is 19.6. The summed E-state index contributed by atoms with van der Waals surface area (Å²) in [5.41, 5.74) is 0.348. The molecule has 0 spiro atoms. The van der Waals surface area contributed by atoms with E-state index in [1.807, 2.05) is 4.90 Å². The first-order chi connectivity index (χ1) is 9.24. The molecule has 100 valence electrons. The number of furan rings is 1. The lowest BCUT2D eigenvalue weighted by Crippen LogP contribution is -2.39. The third kappa shape index (κ3) is 2.41. The molecule has 1 unspecified atom stereocenters. The van der Waals surface area contributed by atoms with Gasteiger partial charge in [-0.15, -0.1) is 0 Å². The van der Waals surface area contributed by atoms with Crippen LogP contribution in [0, 0.1) is 5.92 Å². The molecular weight excluding hydrogens is 244 g/mol. The zero-order chi connectivity index (χ0) is 13.2. The molecule has 1 fully saturated rings. The second-order valence-electron chi connectivity index (χ2n) is 5.05. The maximum Gasteiger partial charge on any atom is 0.276 e. The van der Waals surface area contributed by atoms with E-state index in [9.17, 15) is 4.79 Å². The van der Waals surface area contributed by atoms with Crippen LogP contribution in [0.1, 0.15) is 30.3 Å². The predicted octanol–water partition coefficient (Wildman–Crippen LogP) is 2.81. The Morgan fingerprint density at radius 3 is 3.11 bits per heavy atom. The van der Waals surface area contributed by atoms with Gasteiger partial charge in [-0.3, -0.25) is 4.79 Å². The van der Waals surface area contributed by atoms with Gasteiger partial charge in [0.25, 0.3) is 5.91 Å². The van der Waals surface area contributed by atoms with Crippen LogP contribution in [0.3, 0.4) is 0 Å². The van der Waals surface area contributed by atoms with E-state index in [2.05, 4.69) is 12.1 Å². The van der Waals surface area contributed by atoms with E-state index in [0.29, 0.717) is 23.1 Å². The monoisotopic (exact) mass is 260 g/mol. The van der Waals surface area contributed by atoms with Gasteiger partial charge >= 0.3 is 0 Å². The lowest BCUT2D eigenvalue weighted by atomic mass is 10.00. The van der Waals surface area contributed by atoms with Crippen LogP contribution in [0.25, 0.3) is 11.5 Å². The summed E-state index contributed by atoms with van der Waals surface area (Å²) in [6, 6.07) is 5.18. The summed E-state index contributed by atoms with van der Waals surface area (Å²) in [6.07, 6.45) is 3.79. The van der Waals surface area contributed by atoms with Gasteiger partial charge in [-0.05, 0) is 30.9 Å². The van der Waals surface area contributed by atoms with Gasteiger partial charge in [0.2, 0.25) is 5.76 Å². The van der Waals surface area contributed by atoms with Crippen LogP contribution in [0.5, 0.6) is 0 Å². The van der Waals surface area contributed by atoms with Gasteiger partial charge in [0.1, 0.15) is 0 Å². The van der Waals surface area contributed by atoms with E-state index in [4.69, 9.17) is 8.94 Å². The largest absolute Gasteiger partial charge is 0.461 e. The quantitative estimate of drug-likeness (QED) is 0.833. The molecule has 19 heavy (non-hydrogen) atoms. The van der Waals surface area contributed by atoms with Crippen molar-refractivity contribution in [1.29, 1.82) is 0 Å². The van der Waals surface area contributed by atoms with Crippen molar-refractivity contribution in [3.63, 3.8) is 0 Å².